The lowest BCUT2D eigenvalue weighted by Crippen LogP contribution is -2.05. The Kier molecular flexibility index (Phi) is 6.48. The Morgan fingerprint density at radius 2 is 1.83 bits per heavy atom. The van der Waals surface area contributed by atoms with E-state index < -0.39 is 0 Å². The van der Waals surface area contributed by atoms with Gasteiger partial charge in [0.25, 0.3) is 0 Å². The summed E-state index contributed by atoms with van der Waals surface area (Å²) in [7, 11) is 0. The Morgan fingerprint density at radius 1 is 1.04 bits per heavy atom. The fourth-order valence-electron chi connectivity index (χ4n) is 2.23. The SMILES string of the molecule is CCOC(=O)CCc1ccc(OCCc2cccc(O)c2)cc1. The van der Waals surface area contributed by atoms with E-state index in [1.807, 2.05) is 36.4 Å². The van der Waals surface area contributed by atoms with E-state index >= 15 is 0 Å². The molecule has 122 valence electrons. The Bertz CT molecular complexity index is 620. The molecule has 2 aromatic carbocycles. The van der Waals surface area contributed by atoms with Gasteiger partial charge in [-0.3, -0.25) is 4.79 Å². The van der Waals surface area contributed by atoms with E-state index in [-0.39, 0.29) is 11.7 Å². The van der Waals surface area contributed by atoms with Crippen molar-refractivity contribution in [1.82, 2.24) is 0 Å². The molecule has 1 N–H and O–H groups in total. The first-order chi connectivity index (χ1) is 11.2. The van der Waals surface area contributed by atoms with Crippen LogP contribution >= 0.6 is 0 Å². The molecule has 0 atom stereocenters. The van der Waals surface area contributed by atoms with Gasteiger partial charge in [-0.15, -0.1) is 0 Å². The molecule has 2 aromatic rings. The molecule has 0 unspecified atom stereocenters. The molecule has 0 aliphatic carbocycles. The molecule has 0 aromatic heterocycles. The molecular formula is C19H22O4. The van der Waals surface area contributed by atoms with Crippen molar-refractivity contribution in [3.8, 4) is 11.5 Å². The Labute approximate surface area is 136 Å². The smallest absolute Gasteiger partial charge is 0.306 e. The van der Waals surface area contributed by atoms with Crippen molar-refractivity contribution in [2.24, 2.45) is 0 Å². The molecule has 2 rings (SSSR count). The van der Waals surface area contributed by atoms with Crippen molar-refractivity contribution in [3.05, 3.63) is 59.7 Å². The largest absolute Gasteiger partial charge is 0.508 e. The number of hydrogen-bond donors (Lipinski definition) is 1. The van der Waals surface area contributed by atoms with Crippen LogP contribution in [0.2, 0.25) is 0 Å². The van der Waals surface area contributed by atoms with Crippen molar-refractivity contribution < 1.29 is 19.4 Å². The van der Waals surface area contributed by atoms with Crippen LogP contribution in [0, 0.1) is 0 Å². The quantitative estimate of drug-likeness (QED) is 0.758. The van der Waals surface area contributed by atoms with Crippen LogP contribution in [0.25, 0.3) is 0 Å². The van der Waals surface area contributed by atoms with Gasteiger partial charge in [-0.1, -0.05) is 24.3 Å². The second kappa shape index (κ2) is 8.83. The number of aromatic hydroxyl groups is 1. The number of esters is 1. The molecule has 0 saturated carbocycles. The number of rotatable bonds is 8. The Morgan fingerprint density at radius 3 is 2.52 bits per heavy atom. The van der Waals surface area contributed by atoms with Crippen molar-refractivity contribution >= 4 is 5.97 Å². The number of phenols is 1. The highest BCUT2D eigenvalue weighted by Gasteiger charge is 2.03. The van der Waals surface area contributed by atoms with Crippen molar-refractivity contribution in [3.63, 3.8) is 0 Å². The van der Waals surface area contributed by atoms with Crippen molar-refractivity contribution in [2.45, 2.75) is 26.2 Å². The molecule has 4 heteroatoms. The van der Waals surface area contributed by atoms with Gasteiger partial charge in [0, 0.05) is 12.8 Å². The number of ether oxygens (including phenoxy) is 2. The first-order valence-electron chi connectivity index (χ1n) is 7.82. The van der Waals surface area contributed by atoms with Gasteiger partial charge in [-0.05, 0) is 48.7 Å². The number of aryl methyl sites for hydroxylation is 1. The van der Waals surface area contributed by atoms with Gasteiger partial charge in [-0.2, -0.15) is 0 Å². The van der Waals surface area contributed by atoms with E-state index in [0.29, 0.717) is 26.1 Å². The minimum absolute atomic E-state index is 0.168. The van der Waals surface area contributed by atoms with Crippen LogP contribution in [0.4, 0.5) is 0 Å². The molecule has 0 aliphatic rings. The lowest BCUT2D eigenvalue weighted by Gasteiger charge is -2.08. The summed E-state index contributed by atoms with van der Waals surface area (Å²) in [6, 6.07) is 14.9. The number of benzene rings is 2. The van der Waals surface area contributed by atoms with Crippen molar-refractivity contribution in [2.75, 3.05) is 13.2 Å². The fourth-order valence-corrected chi connectivity index (χ4v) is 2.23. The molecule has 0 saturated heterocycles. The molecule has 0 aliphatic heterocycles. The fraction of sp³-hybridized carbons (Fsp3) is 0.316. The van der Waals surface area contributed by atoms with E-state index in [4.69, 9.17) is 9.47 Å². The van der Waals surface area contributed by atoms with Gasteiger partial charge in [0.05, 0.1) is 13.2 Å². The predicted octanol–water partition coefficient (Wildman–Crippen LogP) is 3.51. The van der Waals surface area contributed by atoms with Crippen LogP contribution in [0.5, 0.6) is 11.5 Å². The third-order valence-corrected chi connectivity index (χ3v) is 3.42. The summed E-state index contributed by atoms with van der Waals surface area (Å²) in [5.41, 5.74) is 2.12. The number of carbonyl (C=O) groups is 1. The highest BCUT2D eigenvalue weighted by atomic mass is 16.5. The molecule has 4 nitrogen and oxygen atoms in total. The molecule has 0 radical (unpaired) electrons. The Hall–Kier alpha value is -2.49. The van der Waals surface area contributed by atoms with E-state index in [9.17, 15) is 9.90 Å². The molecule has 23 heavy (non-hydrogen) atoms. The predicted molar refractivity (Wildman–Crippen MR) is 88.7 cm³/mol. The minimum Gasteiger partial charge on any atom is -0.508 e. The highest BCUT2D eigenvalue weighted by Crippen LogP contribution is 2.15. The van der Waals surface area contributed by atoms with E-state index in [2.05, 4.69) is 0 Å². The molecule has 0 heterocycles. The average Bonchev–Trinajstić information content (AvgIpc) is 2.54. The topological polar surface area (TPSA) is 55.8 Å². The molecule has 0 spiro atoms. The maximum atomic E-state index is 11.3. The lowest BCUT2D eigenvalue weighted by atomic mass is 10.1. The van der Waals surface area contributed by atoms with Crippen molar-refractivity contribution in [1.29, 1.82) is 0 Å². The molecule has 0 fully saturated rings. The van der Waals surface area contributed by atoms with Crippen LogP contribution in [-0.4, -0.2) is 24.3 Å². The number of hydrogen-bond acceptors (Lipinski definition) is 4. The monoisotopic (exact) mass is 314 g/mol. The zero-order valence-corrected chi connectivity index (χ0v) is 13.3. The standard InChI is InChI=1S/C19H22O4/c1-2-22-19(21)11-8-15-6-9-18(10-7-15)23-13-12-16-4-3-5-17(20)14-16/h3-7,9-10,14,20H,2,8,11-13H2,1H3. The van der Waals surface area contributed by atoms with E-state index in [1.165, 1.54) is 0 Å². The summed E-state index contributed by atoms with van der Waals surface area (Å²) >= 11 is 0. The normalized spacial score (nSPS) is 10.3. The van der Waals surface area contributed by atoms with Gasteiger partial charge in [0.2, 0.25) is 0 Å². The molecule has 0 amide bonds. The van der Waals surface area contributed by atoms with Gasteiger partial charge < -0.3 is 14.6 Å². The number of phenolic OH excluding ortho intramolecular Hbond substituents is 1. The maximum Gasteiger partial charge on any atom is 0.306 e. The summed E-state index contributed by atoms with van der Waals surface area (Å²) in [4.78, 5) is 11.3. The lowest BCUT2D eigenvalue weighted by molar-refractivity contribution is -0.143. The van der Waals surface area contributed by atoms with E-state index in [1.54, 1.807) is 19.1 Å². The average molecular weight is 314 g/mol. The van der Waals surface area contributed by atoms with Gasteiger partial charge in [0.1, 0.15) is 11.5 Å². The second-order valence-electron chi connectivity index (χ2n) is 5.22. The minimum atomic E-state index is -0.168. The summed E-state index contributed by atoms with van der Waals surface area (Å²) in [6.45, 7) is 2.78. The number of carbonyl (C=O) groups excluding carboxylic acids is 1. The van der Waals surface area contributed by atoms with Gasteiger partial charge >= 0.3 is 5.97 Å². The summed E-state index contributed by atoms with van der Waals surface area (Å²) < 4.78 is 10.6. The van der Waals surface area contributed by atoms with Crippen LogP contribution in [0.3, 0.4) is 0 Å². The highest BCUT2D eigenvalue weighted by molar-refractivity contribution is 5.69. The van der Waals surface area contributed by atoms with Gasteiger partial charge in [-0.25, -0.2) is 0 Å². The Balaban J connectivity index is 1.75. The summed E-state index contributed by atoms with van der Waals surface area (Å²) in [5.74, 6) is 0.900. The van der Waals surface area contributed by atoms with Crippen LogP contribution in [0.15, 0.2) is 48.5 Å². The summed E-state index contributed by atoms with van der Waals surface area (Å²) in [6.07, 6.45) is 1.80. The second-order valence-corrected chi connectivity index (χ2v) is 5.22. The molecule has 0 bridgehead atoms. The summed E-state index contributed by atoms with van der Waals surface area (Å²) in [5, 5.41) is 9.41. The third kappa shape index (κ3) is 6.02. The van der Waals surface area contributed by atoms with Crippen LogP contribution < -0.4 is 4.74 Å². The first kappa shape index (κ1) is 16.9. The van der Waals surface area contributed by atoms with Gasteiger partial charge in [0.15, 0.2) is 0 Å². The first-order valence-corrected chi connectivity index (χ1v) is 7.82. The third-order valence-electron chi connectivity index (χ3n) is 3.42. The maximum absolute atomic E-state index is 11.3. The van der Waals surface area contributed by atoms with Crippen LogP contribution in [-0.2, 0) is 22.4 Å². The zero-order chi connectivity index (χ0) is 16.5. The van der Waals surface area contributed by atoms with E-state index in [0.717, 1.165) is 23.3 Å². The van der Waals surface area contributed by atoms with Crippen LogP contribution in [0.1, 0.15) is 24.5 Å². The zero-order valence-electron chi connectivity index (χ0n) is 13.3. The molecular weight excluding hydrogens is 292 g/mol.